The minimum absolute atomic E-state index is 0.193. The van der Waals surface area contributed by atoms with Crippen LogP contribution >= 0.6 is 0 Å². The zero-order valence-electron chi connectivity index (χ0n) is 12.4. The lowest BCUT2D eigenvalue weighted by Gasteiger charge is -2.31. The van der Waals surface area contributed by atoms with E-state index in [1.54, 1.807) is 14.1 Å². The molecule has 1 saturated heterocycles. The maximum Gasteiger partial charge on any atom is 0.303 e. The summed E-state index contributed by atoms with van der Waals surface area (Å²) in [6, 6.07) is 0. The lowest BCUT2D eigenvalue weighted by molar-refractivity contribution is -0.137. The van der Waals surface area contributed by atoms with Crippen LogP contribution in [-0.2, 0) is 14.8 Å². The number of carbonyl (C=O) groups is 1. The monoisotopic (exact) mass is 306 g/mol. The molecule has 0 spiro atoms. The Labute approximate surface area is 121 Å². The number of likely N-dealkylation sites (tertiary alicyclic amines) is 1. The molecule has 0 aliphatic carbocycles. The molecule has 0 aromatic heterocycles. The van der Waals surface area contributed by atoms with Crippen LogP contribution in [0.4, 0.5) is 0 Å². The Morgan fingerprint density at radius 3 is 2.40 bits per heavy atom. The Balaban J connectivity index is 2.18. The molecule has 0 atom stereocenters. The van der Waals surface area contributed by atoms with Gasteiger partial charge in [-0.05, 0) is 51.2 Å². The van der Waals surface area contributed by atoms with Gasteiger partial charge in [0.05, 0.1) is 5.75 Å². The number of carboxylic acid groups (broad SMARTS) is 1. The minimum atomic E-state index is -3.09. The second kappa shape index (κ2) is 7.95. The van der Waals surface area contributed by atoms with Crippen molar-refractivity contribution in [2.75, 3.05) is 39.5 Å². The fourth-order valence-electron chi connectivity index (χ4n) is 2.48. The molecule has 20 heavy (non-hydrogen) atoms. The van der Waals surface area contributed by atoms with E-state index >= 15 is 0 Å². The highest BCUT2D eigenvalue weighted by Gasteiger charge is 2.20. The van der Waals surface area contributed by atoms with Crippen molar-refractivity contribution >= 4 is 16.0 Å². The van der Waals surface area contributed by atoms with Gasteiger partial charge in [0.2, 0.25) is 10.0 Å². The Bertz CT molecular complexity index is 401. The molecule has 1 heterocycles. The molecular weight excluding hydrogens is 280 g/mol. The Morgan fingerprint density at radius 1 is 1.30 bits per heavy atom. The fraction of sp³-hybridized carbons (Fsp3) is 0.923. The summed E-state index contributed by atoms with van der Waals surface area (Å²) in [7, 11) is 0.0311. The maximum atomic E-state index is 11.6. The third-order valence-corrected chi connectivity index (χ3v) is 5.82. The summed E-state index contributed by atoms with van der Waals surface area (Å²) in [5, 5.41) is 8.66. The van der Waals surface area contributed by atoms with Crippen molar-refractivity contribution in [2.45, 2.75) is 32.1 Å². The number of aliphatic carboxylic acids is 1. The molecule has 0 aromatic carbocycles. The van der Waals surface area contributed by atoms with E-state index in [0.717, 1.165) is 38.9 Å². The standard InChI is InChI=1S/C13H26N2O4S/c1-14(2)20(18,19)11-3-8-15-9-6-12(7-10-15)4-5-13(16)17/h12H,3-11H2,1-2H3,(H,16,17). The van der Waals surface area contributed by atoms with Crippen LogP contribution in [0.15, 0.2) is 0 Å². The van der Waals surface area contributed by atoms with Gasteiger partial charge in [-0.25, -0.2) is 12.7 Å². The average molecular weight is 306 g/mol. The van der Waals surface area contributed by atoms with E-state index in [4.69, 9.17) is 5.11 Å². The second-order valence-corrected chi connectivity index (χ2v) is 7.97. The lowest BCUT2D eigenvalue weighted by Crippen LogP contribution is -2.36. The number of hydrogen-bond acceptors (Lipinski definition) is 4. The van der Waals surface area contributed by atoms with E-state index < -0.39 is 16.0 Å². The van der Waals surface area contributed by atoms with Gasteiger partial charge in [-0.15, -0.1) is 0 Å². The van der Waals surface area contributed by atoms with Gasteiger partial charge < -0.3 is 10.0 Å². The lowest BCUT2D eigenvalue weighted by atomic mass is 9.92. The van der Waals surface area contributed by atoms with Gasteiger partial charge >= 0.3 is 5.97 Å². The molecular formula is C13H26N2O4S. The van der Waals surface area contributed by atoms with Crippen molar-refractivity contribution < 1.29 is 18.3 Å². The van der Waals surface area contributed by atoms with Gasteiger partial charge in [0, 0.05) is 20.5 Å². The molecule has 1 aliphatic rings. The Hall–Kier alpha value is -0.660. The van der Waals surface area contributed by atoms with Crippen molar-refractivity contribution in [3.63, 3.8) is 0 Å². The third-order valence-electron chi connectivity index (χ3n) is 3.91. The van der Waals surface area contributed by atoms with Crippen LogP contribution in [0.3, 0.4) is 0 Å². The Morgan fingerprint density at radius 2 is 1.90 bits per heavy atom. The van der Waals surface area contributed by atoms with Crippen LogP contribution in [0.25, 0.3) is 0 Å². The highest BCUT2D eigenvalue weighted by Crippen LogP contribution is 2.21. The molecule has 1 rings (SSSR count). The number of piperidine rings is 1. The highest BCUT2D eigenvalue weighted by molar-refractivity contribution is 7.89. The Kier molecular flexibility index (Phi) is 6.91. The van der Waals surface area contributed by atoms with Crippen LogP contribution in [0.2, 0.25) is 0 Å². The summed E-state index contributed by atoms with van der Waals surface area (Å²) in [5.41, 5.74) is 0. The highest BCUT2D eigenvalue weighted by atomic mass is 32.2. The quantitative estimate of drug-likeness (QED) is 0.719. The SMILES string of the molecule is CN(C)S(=O)(=O)CCCN1CCC(CCC(=O)O)CC1. The van der Waals surface area contributed by atoms with Crippen LogP contribution in [0, 0.1) is 5.92 Å². The minimum Gasteiger partial charge on any atom is -0.481 e. The van der Waals surface area contributed by atoms with Crippen LogP contribution in [0.1, 0.15) is 32.1 Å². The average Bonchev–Trinajstić information content (AvgIpc) is 2.37. The van der Waals surface area contributed by atoms with Gasteiger partial charge in [-0.1, -0.05) is 0 Å². The molecule has 1 aliphatic heterocycles. The molecule has 6 nitrogen and oxygen atoms in total. The summed E-state index contributed by atoms with van der Waals surface area (Å²) < 4.78 is 24.5. The van der Waals surface area contributed by atoms with Crippen molar-refractivity contribution in [2.24, 2.45) is 5.92 Å². The molecule has 0 amide bonds. The molecule has 0 unspecified atom stereocenters. The van der Waals surface area contributed by atoms with Gasteiger partial charge in [0.1, 0.15) is 0 Å². The number of rotatable bonds is 8. The summed E-state index contributed by atoms with van der Waals surface area (Å²) >= 11 is 0. The summed E-state index contributed by atoms with van der Waals surface area (Å²) in [5.74, 6) is -0.0203. The van der Waals surface area contributed by atoms with E-state index in [-0.39, 0.29) is 12.2 Å². The third kappa shape index (κ3) is 6.19. The largest absolute Gasteiger partial charge is 0.481 e. The van der Waals surface area contributed by atoms with E-state index in [1.165, 1.54) is 4.31 Å². The predicted molar refractivity (Wildman–Crippen MR) is 78.1 cm³/mol. The zero-order valence-corrected chi connectivity index (χ0v) is 13.2. The first-order valence-corrected chi connectivity index (χ1v) is 8.76. The van der Waals surface area contributed by atoms with Gasteiger partial charge in [0.25, 0.3) is 0 Å². The van der Waals surface area contributed by atoms with E-state index in [9.17, 15) is 13.2 Å². The second-order valence-electron chi connectivity index (χ2n) is 5.67. The van der Waals surface area contributed by atoms with Crippen molar-refractivity contribution in [3.05, 3.63) is 0 Å². The van der Waals surface area contributed by atoms with E-state index in [1.807, 2.05) is 0 Å². The molecule has 1 fully saturated rings. The van der Waals surface area contributed by atoms with Crippen LogP contribution in [0.5, 0.6) is 0 Å². The molecule has 1 N–H and O–H groups in total. The first-order chi connectivity index (χ1) is 9.31. The molecule has 0 saturated carbocycles. The first-order valence-electron chi connectivity index (χ1n) is 7.15. The molecule has 0 radical (unpaired) electrons. The molecule has 0 bridgehead atoms. The van der Waals surface area contributed by atoms with Crippen molar-refractivity contribution in [1.82, 2.24) is 9.21 Å². The van der Waals surface area contributed by atoms with Crippen molar-refractivity contribution in [3.8, 4) is 0 Å². The van der Waals surface area contributed by atoms with Crippen LogP contribution < -0.4 is 0 Å². The van der Waals surface area contributed by atoms with Gasteiger partial charge in [0.15, 0.2) is 0 Å². The topological polar surface area (TPSA) is 77.9 Å². The number of sulfonamides is 1. The van der Waals surface area contributed by atoms with Crippen LogP contribution in [-0.4, -0.2) is 68.2 Å². The normalized spacial score (nSPS) is 18.6. The van der Waals surface area contributed by atoms with E-state index in [0.29, 0.717) is 12.3 Å². The molecule has 118 valence electrons. The number of hydrogen-bond donors (Lipinski definition) is 1. The zero-order chi connectivity index (χ0) is 15.2. The van der Waals surface area contributed by atoms with E-state index in [2.05, 4.69) is 4.90 Å². The van der Waals surface area contributed by atoms with Gasteiger partial charge in [-0.2, -0.15) is 0 Å². The van der Waals surface area contributed by atoms with Crippen molar-refractivity contribution in [1.29, 1.82) is 0 Å². The summed E-state index contributed by atoms with van der Waals surface area (Å²) in [6.07, 6.45) is 3.71. The van der Waals surface area contributed by atoms with Gasteiger partial charge in [-0.3, -0.25) is 4.79 Å². The first kappa shape index (κ1) is 17.4. The smallest absolute Gasteiger partial charge is 0.303 e. The fourth-order valence-corrected chi connectivity index (χ4v) is 3.34. The predicted octanol–water partition coefficient (Wildman–Crippen LogP) is 0.845. The summed E-state index contributed by atoms with van der Waals surface area (Å²) in [6.45, 7) is 2.71. The number of nitrogens with zero attached hydrogens (tertiary/aromatic N) is 2. The number of carboxylic acids is 1. The molecule has 0 aromatic rings. The summed E-state index contributed by atoms with van der Waals surface area (Å²) in [4.78, 5) is 12.8. The maximum absolute atomic E-state index is 11.6. The molecule has 7 heteroatoms.